The molecule has 1 aliphatic rings. The van der Waals surface area contributed by atoms with E-state index in [2.05, 4.69) is 0 Å². The largest absolute Gasteiger partial charge is 0.376 e. The van der Waals surface area contributed by atoms with Crippen LogP contribution in [0.2, 0.25) is 0 Å². The van der Waals surface area contributed by atoms with Crippen molar-refractivity contribution in [3.05, 3.63) is 0 Å². The fourth-order valence-electron chi connectivity index (χ4n) is 0.743. The molecule has 1 unspecified atom stereocenters. The number of carbonyl (C=O) groups excluding carboxylic acids is 1. The summed E-state index contributed by atoms with van der Waals surface area (Å²) in [6.07, 6.45) is -1.22. The van der Waals surface area contributed by atoms with Crippen molar-refractivity contribution in [3.63, 3.8) is 0 Å². The van der Waals surface area contributed by atoms with Gasteiger partial charge in [-0.15, -0.1) is 0 Å². The van der Waals surface area contributed by atoms with Crippen LogP contribution in [0.15, 0.2) is 0 Å². The number of aliphatic hydroxyl groups is 2. The van der Waals surface area contributed by atoms with Crippen LogP contribution < -0.4 is 0 Å². The number of amides is 2. The van der Waals surface area contributed by atoms with Crippen LogP contribution >= 0.6 is 0 Å². The number of urea groups is 1. The highest BCUT2D eigenvalue weighted by molar-refractivity contribution is 5.75. The van der Waals surface area contributed by atoms with Crippen LogP contribution in [0.25, 0.3) is 0 Å². The summed E-state index contributed by atoms with van der Waals surface area (Å²) in [5.41, 5.74) is 0. The van der Waals surface area contributed by atoms with Gasteiger partial charge in [-0.3, -0.25) is 10.1 Å². The van der Waals surface area contributed by atoms with Gasteiger partial charge in [0.15, 0.2) is 6.23 Å². The Hall–Kier alpha value is -0.850. The minimum Gasteiger partial charge on any atom is -0.376 e. The summed E-state index contributed by atoms with van der Waals surface area (Å²) in [6, 6.07) is -0.782. The van der Waals surface area contributed by atoms with E-state index >= 15 is 0 Å². The van der Waals surface area contributed by atoms with Crippen LogP contribution in [0.4, 0.5) is 4.79 Å². The highest BCUT2D eigenvalue weighted by atomic mass is 16.6. The Labute approximate surface area is 56.8 Å². The smallest absolute Gasteiger partial charge is 0.348 e. The molecular weight excluding hydrogens is 140 g/mol. The number of hydrogen-bond acceptors (Lipinski definition) is 4. The summed E-state index contributed by atoms with van der Waals surface area (Å²) >= 11 is 0. The Morgan fingerprint density at radius 1 is 1.70 bits per heavy atom. The first-order chi connectivity index (χ1) is 4.66. The number of aliphatic hydroxyl groups excluding tert-OH is 2. The number of rotatable bonds is 1. The van der Waals surface area contributed by atoms with Crippen LogP contribution in [0.5, 0.6) is 0 Å². The van der Waals surface area contributed by atoms with Crippen LogP contribution in [-0.4, -0.2) is 50.9 Å². The maximum absolute atomic E-state index is 10.6. The number of hydrogen-bond donors (Lipinski definition) is 3. The standard InChI is InChI=1S/C4H8N2O4/c7-2-5-1-3(8)6(10)4(5)9/h3,7-8,10H,1-2H2. The zero-order valence-corrected chi connectivity index (χ0v) is 5.14. The molecule has 1 saturated heterocycles. The zero-order chi connectivity index (χ0) is 7.72. The monoisotopic (exact) mass is 148 g/mol. The van der Waals surface area contributed by atoms with E-state index in [-0.39, 0.29) is 11.6 Å². The highest BCUT2D eigenvalue weighted by Crippen LogP contribution is 2.09. The van der Waals surface area contributed by atoms with Gasteiger partial charge in [0.2, 0.25) is 0 Å². The summed E-state index contributed by atoms with van der Waals surface area (Å²) in [4.78, 5) is 11.5. The molecule has 10 heavy (non-hydrogen) atoms. The molecule has 2 amide bonds. The van der Waals surface area contributed by atoms with E-state index < -0.39 is 19.0 Å². The maximum atomic E-state index is 10.6. The van der Waals surface area contributed by atoms with Crippen LogP contribution in [0.1, 0.15) is 0 Å². The van der Waals surface area contributed by atoms with E-state index in [1.807, 2.05) is 0 Å². The zero-order valence-electron chi connectivity index (χ0n) is 5.14. The number of carbonyl (C=O) groups is 1. The lowest BCUT2D eigenvalue weighted by molar-refractivity contribution is -0.130. The molecule has 3 N–H and O–H groups in total. The normalized spacial score (nSPS) is 26.3. The molecule has 0 bridgehead atoms. The first-order valence-electron chi connectivity index (χ1n) is 2.72. The molecule has 0 aromatic rings. The predicted molar refractivity (Wildman–Crippen MR) is 28.8 cm³/mol. The molecule has 0 aromatic carbocycles. The second-order valence-corrected chi connectivity index (χ2v) is 1.97. The van der Waals surface area contributed by atoms with Crippen molar-refractivity contribution in [3.8, 4) is 0 Å². The number of nitrogens with zero attached hydrogens (tertiary/aromatic N) is 2. The molecule has 1 aliphatic heterocycles. The Morgan fingerprint density at radius 3 is 2.50 bits per heavy atom. The van der Waals surface area contributed by atoms with Gasteiger partial charge in [0.25, 0.3) is 0 Å². The molecule has 0 saturated carbocycles. The molecule has 1 heterocycles. The molecule has 1 rings (SSSR count). The van der Waals surface area contributed by atoms with Crippen molar-refractivity contribution in [2.75, 3.05) is 13.3 Å². The molecular formula is C4H8N2O4. The summed E-state index contributed by atoms with van der Waals surface area (Å²) in [7, 11) is 0. The summed E-state index contributed by atoms with van der Waals surface area (Å²) in [5.74, 6) is 0. The summed E-state index contributed by atoms with van der Waals surface area (Å²) in [5, 5.41) is 26.0. The van der Waals surface area contributed by atoms with Gasteiger partial charge >= 0.3 is 6.03 Å². The average molecular weight is 148 g/mol. The SMILES string of the molecule is O=C1N(CO)CC(O)N1O. The molecule has 6 heteroatoms. The quantitative estimate of drug-likeness (QED) is 0.390. The maximum Gasteiger partial charge on any atom is 0.348 e. The molecule has 1 fully saturated rings. The fraction of sp³-hybridized carbons (Fsp3) is 0.750. The van der Waals surface area contributed by atoms with E-state index in [1.54, 1.807) is 0 Å². The van der Waals surface area contributed by atoms with Crippen LogP contribution in [0, 0.1) is 0 Å². The minimum absolute atomic E-state index is 0.0637. The van der Waals surface area contributed by atoms with Crippen molar-refractivity contribution >= 4 is 6.03 Å². The lowest BCUT2D eigenvalue weighted by Gasteiger charge is -2.09. The van der Waals surface area contributed by atoms with E-state index in [0.717, 1.165) is 4.90 Å². The molecule has 58 valence electrons. The van der Waals surface area contributed by atoms with Gasteiger partial charge in [0.05, 0.1) is 6.54 Å². The third-order valence-electron chi connectivity index (χ3n) is 1.30. The predicted octanol–water partition coefficient (Wildman–Crippen LogP) is -1.62. The van der Waals surface area contributed by atoms with Gasteiger partial charge in [0, 0.05) is 0 Å². The van der Waals surface area contributed by atoms with Crippen LogP contribution in [-0.2, 0) is 0 Å². The Bertz CT molecular complexity index is 150. The van der Waals surface area contributed by atoms with E-state index in [0.29, 0.717) is 0 Å². The second-order valence-electron chi connectivity index (χ2n) is 1.97. The van der Waals surface area contributed by atoms with E-state index in [1.165, 1.54) is 0 Å². The topological polar surface area (TPSA) is 84.2 Å². The highest BCUT2D eigenvalue weighted by Gasteiger charge is 2.34. The van der Waals surface area contributed by atoms with Crippen LogP contribution in [0.3, 0.4) is 0 Å². The van der Waals surface area contributed by atoms with Crippen molar-refractivity contribution in [2.45, 2.75) is 6.23 Å². The number of hydroxylamine groups is 2. The van der Waals surface area contributed by atoms with Gasteiger partial charge in [-0.25, -0.2) is 4.79 Å². The van der Waals surface area contributed by atoms with E-state index in [9.17, 15) is 4.79 Å². The Morgan fingerprint density at radius 2 is 2.30 bits per heavy atom. The average Bonchev–Trinajstić information content (AvgIpc) is 2.17. The number of β-amino-alcohol motifs (C(OH)–C–C–N with tert-alkyl or cyclic N) is 1. The summed E-state index contributed by atoms with van der Waals surface area (Å²) in [6.45, 7) is -0.557. The molecule has 0 radical (unpaired) electrons. The lowest BCUT2D eigenvalue weighted by Crippen LogP contribution is -2.31. The van der Waals surface area contributed by atoms with Crippen molar-refractivity contribution < 1.29 is 20.2 Å². The molecule has 6 nitrogen and oxygen atoms in total. The third kappa shape index (κ3) is 0.919. The van der Waals surface area contributed by atoms with Crippen molar-refractivity contribution in [1.29, 1.82) is 0 Å². The van der Waals surface area contributed by atoms with Gasteiger partial charge in [0.1, 0.15) is 6.73 Å². The van der Waals surface area contributed by atoms with Gasteiger partial charge in [-0.2, -0.15) is 5.06 Å². The molecule has 1 atom stereocenters. The van der Waals surface area contributed by atoms with E-state index in [4.69, 9.17) is 15.4 Å². The van der Waals surface area contributed by atoms with Crippen molar-refractivity contribution in [1.82, 2.24) is 9.96 Å². The van der Waals surface area contributed by atoms with Gasteiger partial charge < -0.3 is 10.2 Å². The fourth-order valence-corrected chi connectivity index (χ4v) is 0.743. The first-order valence-corrected chi connectivity index (χ1v) is 2.72. The minimum atomic E-state index is -1.22. The molecule has 0 spiro atoms. The lowest BCUT2D eigenvalue weighted by atomic mass is 10.6. The van der Waals surface area contributed by atoms with Crippen molar-refractivity contribution in [2.24, 2.45) is 0 Å². The van der Waals surface area contributed by atoms with Gasteiger partial charge in [-0.1, -0.05) is 0 Å². The first kappa shape index (κ1) is 7.26. The molecule has 0 aliphatic carbocycles. The van der Waals surface area contributed by atoms with Gasteiger partial charge in [-0.05, 0) is 0 Å². The molecule has 0 aromatic heterocycles. The second kappa shape index (κ2) is 2.41. The Kier molecular flexibility index (Phi) is 1.75. The Balaban J connectivity index is 2.62. The third-order valence-corrected chi connectivity index (χ3v) is 1.30. The summed E-state index contributed by atoms with van der Waals surface area (Å²) < 4.78 is 0.